The number of carbonyl (C=O) groups is 1. The maximum atomic E-state index is 12.7. The summed E-state index contributed by atoms with van der Waals surface area (Å²) in [4.78, 5) is 27.1. The number of thiophene rings is 1. The van der Waals surface area contributed by atoms with Gasteiger partial charge in [-0.3, -0.25) is 4.79 Å². The molecule has 1 fully saturated rings. The van der Waals surface area contributed by atoms with E-state index in [1.165, 1.54) is 10.4 Å². The summed E-state index contributed by atoms with van der Waals surface area (Å²) in [5.41, 5.74) is 1.27. The summed E-state index contributed by atoms with van der Waals surface area (Å²) in [6.45, 7) is 6.05. The molecule has 2 aliphatic rings. The minimum atomic E-state index is 0.0670. The van der Waals surface area contributed by atoms with E-state index in [4.69, 9.17) is 11.6 Å². The Morgan fingerprint density at radius 1 is 1.40 bits per heavy atom. The summed E-state index contributed by atoms with van der Waals surface area (Å²) in [6.07, 6.45) is 3.66. The van der Waals surface area contributed by atoms with Gasteiger partial charge in [0.05, 0.1) is 5.02 Å². The minimum Gasteiger partial charge on any atom is -0.357 e. The normalized spacial score (nSPS) is 19.0. The molecule has 0 aliphatic carbocycles. The predicted octanol–water partition coefficient (Wildman–Crippen LogP) is 2.52. The average molecular weight is 447 g/mol. The number of carbonyl (C=O) groups excluding carboxylic acids is 1. The van der Waals surface area contributed by atoms with E-state index in [-0.39, 0.29) is 18.5 Å². The van der Waals surface area contributed by atoms with Gasteiger partial charge in [0.25, 0.3) is 0 Å². The van der Waals surface area contributed by atoms with Crippen molar-refractivity contribution in [3.05, 3.63) is 45.2 Å². The lowest BCUT2D eigenvalue weighted by molar-refractivity contribution is -0.130. The molecule has 30 heavy (non-hydrogen) atoms. The van der Waals surface area contributed by atoms with Gasteiger partial charge in [-0.05, 0) is 48.9 Å². The lowest BCUT2D eigenvalue weighted by atomic mass is 10.1. The Labute approximate surface area is 186 Å². The van der Waals surface area contributed by atoms with E-state index in [1.807, 2.05) is 24.0 Å². The Kier molecular flexibility index (Phi) is 6.74. The maximum Gasteiger partial charge on any atom is 0.244 e. The highest BCUT2D eigenvalue weighted by Crippen LogP contribution is 2.26. The fraction of sp³-hybridized carbons (Fsp3) is 0.476. The van der Waals surface area contributed by atoms with Gasteiger partial charge in [-0.1, -0.05) is 11.6 Å². The van der Waals surface area contributed by atoms with Crippen molar-refractivity contribution in [2.24, 2.45) is 4.99 Å². The third-order valence-corrected chi connectivity index (χ3v) is 6.76. The lowest BCUT2D eigenvalue weighted by Crippen LogP contribution is -2.45. The first-order valence-corrected chi connectivity index (χ1v) is 11.6. The van der Waals surface area contributed by atoms with Crippen LogP contribution in [0.3, 0.4) is 0 Å². The first kappa shape index (κ1) is 20.9. The van der Waals surface area contributed by atoms with E-state index < -0.39 is 0 Å². The Morgan fingerprint density at radius 3 is 3.13 bits per heavy atom. The van der Waals surface area contributed by atoms with Gasteiger partial charge >= 0.3 is 0 Å². The Balaban J connectivity index is 1.33. The second-order valence-corrected chi connectivity index (χ2v) is 8.92. The van der Waals surface area contributed by atoms with Gasteiger partial charge in [-0.15, -0.1) is 11.3 Å². The van der Waals surface area contributed by atoms with Gasteiger partial charge in [-0.25, -0.2) is 9.98 Å². The number of pyridine rings is 1. The third kappa shape index (κ3) is 4.87. The van der Waals surface area contributed by atoms with Crippen LogP contribution in [0.25, 0.3) is 0 Å². The molecular formula is C21H27ClN6OS. The van der Waals surface area contributed by atoms with E-state index in [2.05, 4.69) is 37.0 Å². The number of amides is 1. The van der Waals surface area contributed by atoms with Crippen molar-refractivity contribution in [1.29, 1.82) is 0 Å². The largest absolute Gasteiger partial charge is 0.357 e. The predicted molar refractivity (Wildman–Crippen MR) is 122 cm³/mol. The minimum absolute atomic E-state index is 0.0670. The molecule has 1 atom stereocenters. The molecule has 2 aliphatic heterocycles. The monoisotopic (exact) mass is 446 g/mol. The van der Waals surface area contributed by atoms with Crippen molar-refractivity contribution >= 4 is 40.6 Å². The van der Waals surface area contributed by atoms with Gasteiger partial charge in [0.1, 0.15) is 12.4 Å². The van der Waals surface area contributed by atoms with Crippen LogP contribution in [-0.4, -0.2) is 60.5 Å². The highest BCUT2D eigenvalue weighted by molar-refractivity contribution is 7.10. The zero-order valence-corrected chi connectivity index (χ0v) is 18.7. The maximum absolute atomic E-state index is 12.7. The van der Waals surface area contributed by atoms with Crippen LogP contribution >= 0.6 is 22.9 Å². The van der Waals surface area contributed by atoms with Crippen LogP contribution in [0.2, 0.25) is 5.02 Å². The lowest BCUT2D eigenvalue weighted by Gasteiger charge is -2.26. The van der Waals surface area contributed by atoms with Crippen LogP contribution in [0, 0.1) is 0 Å². The molecule has 2 aromatic heterocycles. The highest BCUT2D eigenvalue weighted by atomic mass is 35.5. The van der Waals surface area contributed by atoms with Crippen LogP contribution in [0.1, 0.15) is 23.8 Å². The number of hydrogen-bond donors (Lipinski definition) is 2. The first-order chi connectivity index (χ1) is 14.6. The van der Waals surface area contributed by atoms with Crippen molar-refractivity contribution in [1.82, 2.24) is 20.5 Å². The molecule has 0 radical (unpaired) electrons. The van der Waals surface area contributed by atoms with Crippen LogP contribution in [0.5, 0.6) is 0 Å². The number of hydrogen-bond acceptors (Lipinski definition) is 5. The molecule has 2 aromatic rings. The SMILES string of the molecule is CCNC(=NCC(=O)N1CCc2sccc2C1)NC1CCN(c2ncccc2Cl)C1. The van der Waals surface area contributed by atoms with E-state index in [0.717, 1.165) is 44.8 Å². The van der Waals surface area contributed by atoms with Crippen molar-refractivity contribution in [3.63, 3.8) is 0 Å². The number of aromatic nitrogens is 1. The number of fused-ring (bicyclic) bond motifs is 1. The zero-order chi connectivity index (χ0) is 20.9. The van der Waals surface area contributed by atoms with Crippen molar-refractivity contribution in [2.75, 3.05) is 37.6 Å². The summed E-state index contributed by atoms with van der Waals surface area (Å²) in [5, 5.41) is 9.49. The van der Waals surface area contributed by atoms with Gasteiger partial charge in [0.2, 0.25) is 5.91 Å². The molecule has 2 N–H and O–H groups in total. The third-order valence-electron chi connectivity index (χ3n) is 5.44. The Morgan fingerprint density at radius 2 is 2.30 bits per heavy atom. The summed E-state index contributed by atoms with van der Waals surface area (Å²) in [7, 11) is 0. The molecule has 1 amide bonds. The standard InChI is InChI=1S/C21H27ClN6OS/c1-2-23-21(25-12-19(29)27-10-6-18-15(13-27)7-11-30-18)26-16-5-9-28(14-16)20-17(22)4-3-8-24-20/h3-4,7-8,11,16H,2,5-6,9-10,12-14H2,1H3,(H2,23,25,26). The topological polar surface area (TPSA) is 72.9 Å². The van der Waals surface area contributed by atoms with Crippen LogP contribution in [-0.2, 0) is 17.8 Å². The van der Waals surface area contributed by atoms with Crippen LogP contribution in [0.4, 0.5) is 5.82 Å². The quantitative estimate of drug-likeness (QED) is 0.545. The Bertz CT molecular complexity index is 916. The molecule has 9 heteroatoms. The van der Waals surface area contributed by atoms with E-state index in [0.29, 0.717) is 17.5 Å². The highest BCUT2D eigenvalue weighted by Gasteiger charge is 2.26. The number of halogens is 1. The zero-order valence-electron chi connectivity index (χ0n) is 17.1. The summed E-state index contributed by atoms with van der Waals surface area (Å²) >= 11 is 8.07. The molecule has 0 aromatic carbocycles. The number of rotatable bonds is 5. The summed E-state index contributed by atoms with van der Waals surface area (Å²) in [5.74, 6) is 1.56. The number of nitrogens with one attached hydrogen (secondary N) is 2. The molecule has 4 rings (SSSR count). The number of nitrogens with zero attached hydrogens (tertiary/aromatic N) is 4. The van der Waals surface area contributed by atoms with Crippen LogP contribution < -0.4 is 15.5 Å². The molecule has 160 valence electrons. The van der Waals surface area contributed by atoms with Gasteiger partial charge in [0, 0.05) is 49.8 Å². The number of anilines is 1. The van der Waals surface area contributed by atoms with Crippen LogP contribution in [0.15, 0.2) is 34.8 Å². The molecule has 1 saturated heterocycles. The molecule has 0 bridgehead atoms. The molecule has 0 spiro atoms. The van der Waals surface area contributed by atoms with Crippen molar-refractivity contribution < 1.29 is 4.79 Å². The molecule has 7 nitrogen and oxygen atoms in total. The molecule has 0 saturated carbocycles. The second kappa shape index (κ2) is 9.66. The van der Waals surface area contributed by atoms with Gasteiger partial charge < -0.3 is 20.4 Å². The molecule has 1 unspecified atom stereocenters. The van der Waals surface area contributed by atoms with E-state index in [1.54, 1.807) is 17.5 Å². The van der Waals surface area contributed by atoms with Crippen molar-refractivity contribution in [2.45, 2.75) is 32.4 Å². The number of aliphatic imine (C=N–C) groups is 1. The van der Waals surface area contributed by atoms with Gasteiger partial charge in [0.15, 0.2) is 5.96 Å². The average Bonchev–Trinajstić information content (AvgIpc) is 3.41. The fourth-order valence-corrected chi connectivity index (χ4v) is 5.03. The van der Waals surface area contributed by atoms with E-state index in [9.17, 15) is 4.79 Å². The second-order valence-electron chi connectivity index (χ2n) is 7.51. The number of guanidine groups is 1. The molecule has 4 heterocycles. The van der Waals surface area contributed by atoms with Crippen molar-refractivity contribution in [3.8, 4) is 0 Å². The summed E-state index contributed by atoms with van der Waals surface area (Å²) in [6, 6.07) is 6.04. The van der Waals surface area contributed by atoms with E-state index >= 15 is 0 Å². The fourth-order valence-electron chi connectivity index (χ4n) is 3.90. The summed E-state index contributed by atoms with van der Waals surface area (Å²) < 4.78 is 0. The Hall–Kier alpha value is -2.32. The first-order valence-electron chi connectivity index (χ1n) is 10.4. The molecular weight excluding hydrogens is 420 g/mol. The van der Waals surface area contributed by atoms with Gasteiger partial charge in [-0.2, -0.15) is 0 Å². The smallest absolute Gasteiger partial charge is 0.244 e.